The maximum Gasteiger partial charge on any atom is 0.226 e. The van der Waals surface area contributed by atoms with Gasteiger partial charge in [-0.25, -0.2) is 4.39 Å². The van der Waals surface area contributed by atoms with Crippen LogP contribution in [0.2, 0.25) is 0 Å². The molecule has 4 aromatic rings. The quantitative estimate of drug-likeness (QED) is 0.468. The smallest absolute Gasteiger partial charge is 0.226 e. The first-order valence-electron chi connectivity index (χ1n) is 8.34. The van der Waals surface area contributed by atoms with Gasteiger partial charge in [-0.3, -0.25) is 4.57 Å². The zero-order valence-electron chi connectivity index (χ0n) is 14.5. The van der Waals surface area contributed by atoms with E-state index >= 15 is 0 Å². The minimum atomic E-state index is -0.330. The third kappa shape index (κ3) is 3.90. The minimum Gasteiger partial charge on any atom is -0.425 e. The topological polar surface area (TPSA) is 69.6 Å². The maximum atomic E-state index is 14.3. The molecule has 0 aliphatic rings. The number of rotatable bonds is 6. The Bertz CT molecular complexity index is 1050. The molecule has 0 unspecified atom stereocenters. The summed E-state index contributed by atoms with van der Waals surface area (Å²) in [6, 6.07) is 16.5. The molecule has 0 radical (unpaired) electrons. The van der Waals surface area contributed by atoms with Crippen LogP contribution in [-0.4, -0.2) is 25.0 Å². The van der Waals surface area contributed by atoms with E-state index in [1.807, 2.05) is 34.9 Å². The number of thioether (sulfide) groups is 1. The first-order chi connectivity index (χ1) is 13.2. The number of benzene rings is 2. The molecule has 2 aromatic heterocycles. The number of aromatic nitrogens is 5. The average molecular weight is 381 g/mol. The Morgan fingerprint density at radius 2 is 1.74 bits per heavy atom. The highest BCUT2D eigenvalue weighted by molar-refractivity contribution is 7.98. The van der Waals surface area contributed by atoms with E-state index in [4.69, 9.17) is 4.42 Å². The number of hydrogen-bond donors (Lipinski definition) is 0. The van der Waals surface area contributed by atoms with E-state index in [1.165, 1.54) is 17.8 Å². The average Bonchev–Trinajstić information content (AvgIpc) is 3.27. The van der Waals surface area contributed by atoms with Gasteiger partial charge < -0.3 is 4.42 Å². The first kappa shape index (κ1) is 17.4. The Balaban J connectivity index is 1.69. The van der Waals surface area contributed by atoms with Crippen LogP contribution in [-0.2, 0) is 12.3 Å². The van der Waals surface area contributed by atoms with Gasteiger partial charge in [0, 0.05) is 6.92 Å². The molecule has 2 heterocycles. The van der Waals surface area contributed by atoms with Gasteiger partial charge >= 0.3 is 0 Å². The molecule has 0 amide bonds. The molecule has 0 saturated heterocycles. The molecule has 0 atom stereocenters. The Morgan fingerprint density at radius 3 is 2.48 bits per heavy atom. The lowest BCUT2D eigenvalue weighted by Gasteiger charge is -2.10. The maximum absolute atomic E-state index is 14.3. The highest BCUT2D eigenvalue weighted by Gasteiger charge is 2.18. The van der Waals surface area contributed by atoms with Gasteiger partial charge in [0.15, 0.2) is 11.0 Å². The van der Waals surface area contributed by atoms with Crippen molar-refractivity contribution >= 4 is 11.8 Å². The Labute approximate surface area is 159 Å². The monoisotopic (exact) mass is 381 g/mol. The van der Waals surface area contributed by atoms with E-state index in [9.17, 15) is 4.39 Å². The zero-order valence-corrected chi connectivity index (χ0v) is 15.4. The van der Waals surface area contributed by atoms with Gasteiger partial charge in [-0.05, 0) is 17.7 Å². The van der Waals surface area contributed by atoms with Crippen LogP contribution in [0, 0.1) is 12.7 Å². The van der Waals surface area contributed by atoms with Crippen molar-refractivity contribution in [1.82, 2.24) is 25.0 Å². The number of hydrogen-bond acceptors (Lipinski definition) is 6. The molecular formula is C19H16FN5OS. The predicted molar refractivity (Wildman–Crippen MR) is 99.6 cm³/mol. The fraction of sp³-hybridized carbons (Fsp3) is 0.158. The van der Waals surface area contributed by atoms with E-state index < -0.39 is 0 Å². The fourth-order valence-electron chi connectivity index (χ4n) is 2.67. The SMILES string of the molecule is Cc1nnc(CSc2nnc(-c3ccccc3F)n2Cc2ccccc2)o1. The largest absolute Gasteiger partial charge is 0.425 e. The van der Waals surface area contributed by atoms with Gasteiger partial charge in [0.25, 0.3) is 0 Å². The number of halogens is 1. The second-order valence-electron chi connectivity index (χ2n) is 5.86. The highest BCUT2D eigenvalue weighted by atomic mass is 32.2. The summed E-state index contributed by atoms with van der Waals surface area (Å²) in [6.07, 6.45) is 0. The number of aryl methyl sites for hydroxylation is 1. The molecule has 2 aromatic carbocycles. The third-order valence-electron chi connectivity index (χ3n) is 3.91. The zero-order chi connectivity index (χ0) is 18.6. The van der Waals surface area contributed by atoms with E-state index in [0.29, 0.717) is 40.6 Å². The molecule has 4 rings (SSSR count). The normalized spacial score (nSPS) is 11.0. The molecule has 8 heteroatoms. The van der Waals surface area contributed by atoms with E-state index in [-0.39, 0.29) is 5.82 Å². The second kappa shape index (κ2) is 7.71. The van der Waals surface area contributed by atoms with Gasteiger partial charge in [0.05, 0.1) is 17.9 Å². The fourth-order valence-corrected chi connectivity index (χ4v) is 3.44. The molecule has 0 aliphatic carbocycles. The lowest BCUT2D eigenvalue weighted by atomic mass is 10.2. The highest BCUT2D eigenvalue weighted by Crippen LogP contribution is 2.28. The summed E-state index contributed by atoms with van der Waals surface area (Å²) < 4.78 is 21.7. The molecule has 0 spiro atoms. The molecule has 6 nitrogen and oxygen atoms in total. The Hall–Kier alpha value is -3.00. The van der Waals surface area contributed by atoms with Crippen LogP contribution < -0.4 is 0 Å². The van der Waals surface area contributed by atoms with Crippen molar-refractivity contribution in [2.45, 2.75) is 24.4 Å². The van der Waals surface area contributed by atoms with Gasteiger partial charge in [0.1, 0.15) is 5.82 Å². The molecule has 136 valence electrons. The van der Waals surface area contributed by atoms with Crippen molar-refractivity contribution in [2.75, 3.05) is 0 Å². The molecule has 0 bridgehead atoms. The van der Waals surface area contributed by atoms with Gasteiger partial charge in [-0.1, -0.05) is 54.2 Å². The number of nitrogens with zero attached hydrogens (tertiary/aromatic N) is 5. The summed E-state index contributed by atoms with van der Waals surface area (Å²) in [6.45, 7) is 2.28. The van der Waals surface area contributed by atoms with Gasteiger partial charge in [0.2, 0.25) is 11.8 Å². The Morgan fingerprint density at radius 1 is 0.963 bits per heavy atom. The van der Waals surface area contributed by atoms with Crippen LogP contribution >= 0.6 is 11.8 Å². The summed E-state index contributed by atoms with van der Waals surface area (Å²) in [7, 11) is 0. The summed E-state index contributed by atoms with van der Waals surface area (Å²) in [4.78, 5) is 0. The van der Waals surface area contributed by atoms with Gasteiger partial charge in [-0.15, -0.1) is 20.4 Å². The van der Waals surface area contributed by atoms with Crippen molar-refractivity contribution in [3.63, 3.8) is 0 Å². The van der Waals surface area contributed by atoms with Crippen molar-refractivity contribution in [2.24, 2.45) is 0 Å². The molecule has 0 saturated carbocycles. The van der Waals surface area contributed by atoms with E-state index in [1.54, 1.807) is 25.1 Å². The van der Waals surface area contributed by atoms with Crippen molar-refractivity contribution < 1.29 is 8.81 Å². The Kier molecular flexibility index (Phi) is 4.97. The molecule has 0 fully saturated rings. The van der Waals surface area contributed by atoms with Crippen molar-refractivity contribution in [3.8, 4) is 11.4 Å². The predicted octanol–water partition coefficient (Wildman–Crippen LogP) is 4.12. The van der Waals surface area contributed by atoms with E-state index in [0.717, 1.165) is 5.56 Å². The van der Waals surface area contributed by atoms with E-state index in [2.05, 4.69) is 20.4 Å². The lowest BCUT2D eigenvalue weighted by molar-refractivity contribution is 0.485. The molecular weight excluding hydrogens is 365 g/mol. The summed E-state index contributed by atoms with van der Waals surface area (Å²) in [5.41, 5.74) is 1.49. The van der Waals surface area contributed by atoms with Crippen LogP contribution in [0.1, 0.15) is 17.3 Å². The van der Waals surface area contributed by atoms with Crippen LogP contribution in [0.4, 0.5) is 4.39 Å². The molecule has 27 heavy (non-hydrogen) atoms. The molecule has 0 N–H and O–H groups in total. The second-order valence-corrected chi connectivity index (χ2v) is 6.80. The lowest BCUT2D eigenvalue weighted by Crippen LogP contribution is -2.05. The summed E-state index contributed by atoms with van der Waals surface area (Å²) >= 11 is 1.42. The van der Waals surface area contributed by atoms with Gasteiger partial charge in [-0.2, -0.15) is 0 Å². The van der Waals surface area contributed by atoms with Crippen LogP contribution in [0.15, 0.2) is 64.2 Å². The van der Waals surface area contributed by atoms with Crippen LogP contribution in [0.5, 0.6) is 0 Å². The summed E-state index contributed by atoms with van der Waals surface area (Å²) in [5.74, 6) is 1.65. The first-order valence-corrected chi connectivity index (χ1v) is 9.33. The van der Waals surface area contributed by atoms with Crippen molar-refractivity contribution in [3.05, 3.63) is 77.8 Å². The van der Waals surface area contributed by atoms with Crippen LogP contribution in [0.3, 0.4) is 0 Å². The summed E-state index contributed by atoms with van der Waals surface area (Å²) in [5, 5.41) is 17.0. The van der Waals surface area contributed by atoms with Crippen LogP contribution in [0.25, 0.3) is 11.4 Å². The van der Waals surface area contributed by atoms with Crippen molar-refractivity contribution in [1.29, 1.82) is 0 Å². The molecule has 0 aliphatic heterocycles. The standard InChI is InChI=1S/C19H16FN5OS/c1-13-21-22-17(26-13)12-27-19-24-23-18(15-9-5-6-10-16(15)20)25(19)11-14-7-3-2-4-8-14/h2-10H,11-12H2,1H3. The minimum absolute atomic E-state index is 0.330. The third-order valence-corrected chi connectivity index (χ3v) is 4.86.